The van der Waals surface area contributed by atoms with Crippen molar-refractivity contribution in [2.45, 2.75) is 12.6 Å². The lowest BCUT2D eigenvalue weighted by molar-refractivity contribution is 0.0933. The number of urea groups is 1. The molecule has 0 bridgehead atoms. The molecule has 3 aromatic rings. The summed E-state index contributed by atoms with van der Waals surface area (Å²) < 4.78 is 1.84. The van der Waals surface area contributed by atoms with Crippen molar-refractivity contribution in [3.8, 4) is 0 Å². The van der Waals surface area contributed by atoms with Crippen molar-refractivity contribution in [3.05, 3.63) is 59.8 Å². The van der Waals surface area contributed by atoms with E-state index in [0.29, 0.717) is 36.7 Å². The maximum atomic E-state index is 12.7. The van der Waals surface area contributed by atoms with Crippen molar-refractivity contribution >= 4 is 17.6 Å². The van der Waals surface area contributed by atoms with Gasteiger partial charge in [0.15, 0.2) is 11.5 Å². The number of fused-ring (bicyclic) bond motifs is 1. The first kappa shape index (κ1) is 20.7. The Balaban J connectivity index is 1.56. The van der Waals surface area contributed by atoms with Gasteiger partial charge in [-0.1, -0.05) is 6.07 Å². The number of rotatable bonds is 4. The molecule has 10 heteroatoms. The highest BCUT2D eigenvalue weighted by Gasteiger charge is 2.32. The summed E-state index contributed by atoms with van der Waals surface area (Å²) in [7, 11) is 5.50. The van der Waals surface area contributed by atoms with E-state index in [9.17, 15) is 9.59 Å². The number of aromatic nitrogens is 4. The number of nitrogens with zero attached hydrogens (tertiary/aromatic N) is 7. The van der Waals surface area contributed by atoms with E-state index in [2.05, 4.69) is 25.4 Å². The van der Waals surface area contributed by atoms with Crippen molar-refractivity contribution in [2.24, 2.45) is 0 Å². The zero-order valence-corrected chi connectivity index (χ0v) is 17.9. The Hall–Kier alpha value is -3.53. The summed E-state index contributed by atoms with van der Waals surface area (Å²) in [5, 5.41) is 11.6. The minimum Gasteiger partial charge on any atom is -0.348 e. The van der Waals surface area contributed by atoms with E-state index in [4.69, 9.17) is 0 Å². The maximum Gasteiger partial charge on any atom is 0.319 e. The molecule has 1 aliphatic heterocycles. The third kappa shape index (κ3) is 4.33. The van der Waals surface area contributed by atoms with E-state index < -0.39 is 0 Å². The SMILES string of the molecule is CN(C)C(=O)N1CCN(C)[C@@H](c2nnc3ccc(C(=O)NCc4cccnc4)cn23)C1. The number of amides is 3. The molecule has 1 atom stereocenters. The Kier molecular flexibility index (Phi) is 5.81. The third-order valence-electron chi connectivity index (χ3n) is 5.47. The van der Waals surface area contributed by atoms with Gasteiger partial charge in [0.05, 0.1) is 11.6 Å². The molecule has 10 nitrogen and oxygen atoms in total. The van der Waals surface area contributed by atoms with Crippen LogP contribution < -0.4 is 5.32 Å². The van der Waals surface area contributed by atoms with E-state index in [1.807, 2.05) is 28.5 Å². The summed E-state index contributed by atoms with van der Waals surface area (Å²) in [4.78, 5) is 34.8. The Morgan fingerprint density at radius 2 is 2.03 bits per heavy atom. The molecule has 3 amide bonds. The number of carbonyl (C=O) groups is 2. The van der Waals surface area contributed by atoms with Gasteiger partial charge in [0.25, 0.3) is 5.91 Å². The first-order valence-electron chi connectivity index (χ1n) is 10.1. The molecule has 0 radical (unpaired) electrons. The standard InChI is InChI=1S/C21H26N8O2/c1-26(2)21(31)28-10-9-27(3)17(14-28)19-25-24-18-7-6-16(13-29(18)19)20(30)23-12-15-5-4-8-22-11-15/h4-8,11,13,17H,9-10,12,14H2,1-3H3,(H,23,30)/t17-/m1/s1. The van der Waals surface area contributed by atoms with E-state index in [1.54, 1.807) is 49.7 Å². The second-order valence-electron chi connectivity index (χ2n) is 7.87. The molecule has 31 heavy (non-hydrogen) atoms. The molecule has 3 aromatic heterocycles. The molecular weight excluding hydrogens is 396 g/mol. The summed E-state index contributed by atoms with van der Waals surface area (Å²) in [5.41, 5.74) is 2.09. The Bertz CT molecular complexity index is 1080. The number of carbonyl (C=O) groups excluding carboxylic acids is 2. The number of pyridine rings is 2. The lowest BCUT2D eigenvalue weighted by Gasteiger charge is -2.39. The predicted octanol–water partition coefficient (Wildman–Crippen LogP) is 1.02. The fourth-order valence-corrected chi connectivity index (χ4v) is 3.67. The molecule has 4 rings (SSSR count). The molecule has 1 fully saturated rings. The van der Waals surface area contributed by atoms with Gasteiger partial charge < -0.3 is 15.1 Å². The van der Waals surface area contributed by atoms with Gasteiger partial charge in [0, 0.05) is 58.9 Å². The number of likely N-dealkylation sites (N-methyl/N-ethyl adjacent to an activating group) is 1. The number of hydrogen-bond acceptors (Lipinski definition) is 6. The van der Waals surface area contributed by atoms with Crippen LogP contribution >= 0.6 is 0 Å². The van der Waals surface area contributed by atoms with Gasteiger partial charge in [-0.05, 0) is 30.8 Å². The molecule has 1 saturated heterocycles. The topological polar surface area (TPSA) is 99.0 Å². The van der Waals surface area contributed by atoms with Crippen LogP contribution in [0, 0.1) is 0 Å². The number of hydrogen-bond donors (Lipinski definition) is 1. The average molecular weight is 422 g/mol. The molecular formula is C21H26N8O2. The quantitative estimate of drug-likeness (QED) is 0.674. The smallest absolute Gasteiger partial charge is 0.319 e. The zero-order chi connectivity index (χ0) is 22.0. The van der Waals surface area contributed by atoms with Gasteiger partial charge >= 0.3 is 6.03 Å². The molecule has 1 N–H and O–H groups in total. The maximum absolute atomic E-state index is 12.7. The van der Waals surface area contributed by atoms with Crippen LogP contribution in [0.5, 0.6) is 0 Å². The lowest BCUT2D eigenvalue weighted by atomic mass is 10.1. The van der Waals surface area contributed by atoms with Crippen molar-refractivity contribution in [3.63, 3.8) is 0 Å². The minimum atomic E-state index is -0.188. The van der Waals surface area contributed by atoms with Gasteiger partial charge in [0.2, 0.25) is 0 Å². The van der Waals surface area contributed by atoms with E-state index in [1.165, 1.54) is 0 Å². The van der Waals surface area contributed by atoms with Crippen LogP contribution in [0.25, 0.3) is 5.65 Å². The monoisotopic (exact) mass is 422 g/mol. The zero-order valence-electron chi connectivity index (χ0n) is 17.9. The normalized spacial score (nSPS) is 17.0. The van der Waals surface area contributed by atoms with Crippen LogP contribution in [-0.4, -0.2) is 87.0 Å². The Morgan fingerprint density at radius 3 is 2.77 bits per heavy atom. The highest BCUT2D eigenvalue weighted by atomic mass is 16.2. The number of piperazine rings is 1. The summed E-state index contributed by atoms with van der Waals surface area (Å²) in [6.45, 7) is 2.28. The van der Waals surface area contributed by atoms with Crippen LogP contribution in [0.15, 0.2) is 42.9 Å². The van der Waals surface area contributed by atoms with Crippen molar-refractivity contribution in [2.75, 3.05) is 40.8 Å². The molecule has 0 aliphatic carbocycles. The van der Waals surface area contributed by atoms with Gasteiger partial charge in [0.1, 0.15) is 0 Å². The minimum absolute atomic E-state index is 0.0256. The second-order valence-corrected chi connectivity index (χ2v) is 7.87. The van der Waals surface area contributed by atoms with Gasteiger partial charge in [-0.2, -0.15) is 0 Å². The van der Waals surface area contributed by atoms with Gasteiger partial charge in [-0.15, -0.1) is 10.2 Å². The van der Waals surface area contributed by atoms with Crippen LogP contribution in [0.4, 0.5) is 4.79 Å². The fourth-order valence-electron chi connectivity index (χ4n) is 3.67. The van der Waals surface area contributed by atoms with Crippen LogP contribution in [-0.2, 0) is 6.54 Å². The average Bonchev–Trinajstić information content (AvgIpc) is 3.21. The summed E-state index contributed by atoms with van der Waals surface area (Å²) in [6, 6.07) is 7.11. The highest BCUT2D eigenvalue weighted by Crippen LogP contribution is 2.24. The Labute approximate surface area is 180 Å². The van der Waals surface area contributed by atoms with E-state index >= 15 is 0 Å². The largest absolute Gasteiger partial charge is 0.348 e. The van der Waals surface area contributed by atoms with Gasteiger partial charge in [-0.25, -0.2) is 4.79 Å². The molecule has 0 spiro atoms. The first-order chi connectivity index (χ1) is 14.9. The molecule has 0 saturated carbocycles. The van der Waals surface area contributed by atoms with E-state index in [-0.39, 0.29) is 18.0 Å². The van der Waals surface area contributed by atoms with Crippen molar-refractivity contribution < 1.29 is 9.59 Å². The van der Waals surface area contributed by atoms with Crippen LogP contribution in [0.2, 0.25) is 0 Å². The first-order valence-corrected chi connectivity index (χ1v) is 10.1. The third-order valence-corrected chi connectivity index (χ3v) is 5.47. The summed E-state index contributed by atoms with van der Waals surface area (Å²) in [6.07, 6.45) is 5.17. The molecule has 1 aliphatic rings. The second kappa shape index (κ2) is 8.68. The molecule has 0 unspecified atom stereocenters. The van der Waals surface area contributed by atoms with Crippen LogP contribution in [0.1, 0.15) is 27.8 Å². The molecule has 0 aromatic carbocycles. The van der Waals surface area contributed by atoms with E-state index in [0.717, 1.165) is 12.1 Å². The van der Waals surface area contributed by atoms with Crippen molar-refractivity contribution in [1.29, 1.82) is 0 Å². The summed E-state index contributed by atoms with van der Waals surface area (Å²) in [5.74, 6) is 0.516. The van der Waals surface area contributed by atoms with Crippen molar-refractivity contribution in [1.82, 2.24) is 39.6 Å². The highest BCUT2D eigenvalue weighted by molar-refractivity contribution is 5.94. The van der Waals surface area contributed by atoms with Crippen LogP contribution in [0.3, 0.4) is 0 Å². The Morgan fingerprint density at radius 1 is 1.19 bits per heavy atom. The lowest BCUT2D eigenvalue weighted by Crippen LogP contribution is -2.52. The molecule has 4 heterocycles. The molecule has 162 valence electrons. The fraction of sp³-hybridized carbons (Fsp3) is 0.381. The number of nitrogens with one attached hydrogen (secondary N) is 1. The summed E-state index contributed by atoms with van der Waals surface area (Å²) >= 11 is 0. The van der Waals surface area contributed by atoms with Gasteiger partial charge in [-0.3, -0.25) is 19.1 Å². The predicted molar refractivity (Wildman–Crippen MR) is 114 cm³/mol.